The smallest absolute Gasteiger partial charge is 0.416 e. The summed E-state index contributed by atoms with van der Waals surface area (Å²) in [6.07, 6.45) is -2.44. The van der Waals surface area contributed by atoms with Crippen molar-refractivity contribution in [2.75, 3.05) is 18.0 Å². The van der Waals surface area contributed by atoms with Gasteiger partial charge >= 0.3 is 6.18 Å². The number of phenolic OH excluding ortho intramolecular Hbond substituents is 1. The van der Waals surface area contributed by atoms with Gasteiger partial charge in [-0.15, -0.1) is 0 Å². The summed E-state index contributed by atoms with van der Waals surface area (Å²) in [5.74, 6) is -0.336. The number of hydrogen-bond acceptors (Lipinski definition) is 2. The molecule has 0 amide bonds. The van der Waals surface area contributed by atoms with E-state index in [0.29, 0.717) is 5.69 Å². The van der Waals surface area contributed by atoms with Gasteiger partial charge in [0.2, 0.25) is 0 Å². The van der Waals surface area contributed by atoms with Gasteiger partial charge in [-0.2, -0.15) is 13.2 Å². The zero-order valence-corrected chi connectivity index (χ0v) is 8.59. The predicted octanol–water partition coefficient (Wildman–Crippen LogP) is 3.01. The van der Waals surface area contributed by atoms with Crippen LogP contribution < -0.4 is 4.90 Å². The van der Waals surface area contributed by atoms with E-state index >= 15 is 0 Å². The van der Waals surface area contributed by atoms with Gasteiger partial charge in [0.15, 0.2) is 0 Å². The second kappa shape index (κ2) is 3.88. The van der Waals surface area contributed by atoms with Crippen molar-refractivity contribution in [3.05, 3.63) is 23.8 Å². The molecule has 0 bridgehead atoms. The number of aromatic hydroxyl groups is 1. The van der Waals surface area contributed by atoms with Crippen LogP contribution in [0.3, 0.4) is 0 Å². The summed E-state index contributed by atoms with van der Waals surface area (Å²) < 4.78 is 37.5. The molecule has 0 atom stereocenters. The number of hydrogen-bond donors (Lipinski definition) is 1. The highest BCUT2D eigenvalue weighted by Gasteiger charge is 2.32. The summed E-state index contributed by atoms with van der Waals surface area (Å²) in [6, 6.07) is 3.21. The van der Waals surface area contributed by atoms with E-state index in [4.69, 9.17) is 0 Å². The van der Waals surface area contributed by atoms with Crippen LogP contribution in [0.1, 0.15) is 18.4 Å². The van der Waals surface area contributed by atoms with Crippen molar-refractivity contribution >= 4 is 5.69 Å². The molecule has 0 aromatic heterocycles. The van der Waals surface area contributed by atoms with Gasteiger partial charge in [-0.3, -0.25) is 0 Å². The Bertz CT molecular complexity index is 383. The van der Waals surface area contributed by atoms with Crippen molar-refractivity contribution in [1.82, 2.24) is 0 Å². The van der Waals surface area contributed by atoms with E-state index in [9.17, 15) is 18.3 Å². The standard InChI is InChI=1S/C11H12F3NO/c12-11(13,14)8-5-9(7-10(16)6-8)15-3-1-2-4-15/h5-7,16H,1-4H2. The summed E-state index contributed by atoms with van der Waals surface area (Å²) in [6.45, 7) is 1.50. The molecule has 5 heteroatoms. The van der Waals surface area contributed by atoms with Crippen LogP contribution in [0.2, 0.25) is 0 Å². The predicted molar refractivity (Wildman–Crippen MR) is 54.6 cm³/mol. The zero-order valence-electron chi connectivity index (χ0n) is 8.59. The molecule has 1 saturated heterocycles. The fourth-order valence-electron chi connectivity index (χ4n) is 1.92. The molecule has 88 valence electrons. The van der Waals surface area contributed by atoms with Crippen molar-refractivity contribution in [1.29, 1.82) is 0 Å². The van der Waals surface area contributed by atoms with Gasteiger partial charge in [0.1, 0.15) is 5.75 Å². The summed E-state index contributed by atoms with van der Waals surface area (Å²) in [7, 11) is 0. The number of phenols is 1. The lowest BCUT2D eigenvalue weighted by atomic mass is 10.1. The van der Waals surface area contributed by atoms with Crippen LogP contribution in [0.15, 0.2) is 18.2 Å². The van der Waals surface area contributed by atoms with Crippen LogP contribution in [0.4, 0.5) is 18.9 Å². The van der Waals surface area contributed by atoms with E-state index < -0.39 is 11.7 Å². The molecule has 0 spiro atoms. The molecule has 1 N–H and O–H groups in total. The molecular formula is C11H12F3NO. The Morgan fingerprint density at radius 3 is 2.25 bits per heavy atom. The van der Waals surface area contributed by atoms with Crippen molar-refractivity contribution in [3.63, 3.8) is 0 Å². The third-order valence-corrected chi connectivity index (χ3v) is 2.70. The molecule has 0 saturated carbocycles. The third-order valence-electron chi connectivity index (χ3n) is 2.70. The highest BCUT2D eigenvalue weighted by molar-refractivity contribution is 5.54. The lowest BCUT2D eigenvalue weighted by Crippen LogP contribution is -2.18. The number of rotatable bonds is 1. The summed E-state index contributed by atoms with van der Waals surface area (Å²) in [5.41, 5.74) is -0.348. The molecule has 1 aliphatic heterocycles. The fraction of sp³-hybridized carbons (Fsp3) is 0.455. The first-order valence-corrected chi connectivity index (χ1v) is 5.13. The Morgan fingerprint density at radius 2 is 1.69 bits per heavy atom. The van der Waals surface area contributed by atoms with E-state index in [1.807, 2.05) is 4.90 Å². The molecule has 2 rings (SSSR count). The van der Waals surface area contributed by atoms with Gasteiger partial charge in [-0.1, -0.05) is 0 Å². The van der Waals surface area contributed by atoms with Crippen molar-refractivity contribution in [3.8, 4) is 5.75 Å². The number of benzene rings is 1. The first kappa shape index (κ1) is 11.1. The molecule has 1 heterocycles. The lowest BCUT2D eigenvalue weighted by Gasteiger charge is -2.19. The molecule has 1 aromatic carbocycles. The average molecular weight is 231 g/mol. The molecule has 1 fully saturated rings. The van der Waals surface area contributed by atoms with Crippen LogP contribution in [-0.2, 0) is 6.18 Å². The van der Waals surface area contributed by atoms with Crippen LogP contribution in [-0.4, -0.2) is 18.2 Å². The van der Waals surface area contributed by atoms with Crippen LogP contribution >= 0.6 is 0 Å². The third kappa shape index (κ3) is 2.23. The molecule has 0 unspecified atom stereocenters. The van der Waals surface area contributed by atoms with E-state index in [-0.39, 0.29) is 5.75 Å². The van der Waals surface area contributed by atoms with Gasteiger partial charge in [0.05, 0.1) is 5.56 Å². The summed E-state index contributed by atoms with van der Waals surface area (Å²) in [4.78, 5) is 1.86. The largest absolute Gasteiger partial charge is 0.508 e. The van der Waals surface area contributed by atoms with Crippen LogP contribution in [0.25, 0.3) is 0 Å². The molecular weight excluding hydrogens is 219 g/mol. The number of alkyl halides is 3. The van der Waals surface area contributed by atoms with Gasteiger partial charge in [-0.25, -0.2) is 0 Å². The van der Waals surface area contributed by atoms with E-state index in [2.05, 4.69) is 0 Å². The van der Waals surface area contributed by atoms with E-state index in [0.717, 1.165) is 38.1 Å². The Labute approximate surface area is 91.3 Å². The monoisotopic (exact) mass is 231 g/mol. The van der Waals surface area contributed by atoms with Crippen molar-refractivity contribution in [2.24, 2.45) is 0 Å². The Hall–Kier alpha value is -1.39. The Kier molecular flexibility index (Phi) is 2.69. The van der Waals surface area contributed by atoms with Gasteiger partial charge in [0, 0.05) is 24.8 Å². The normalized spacial score (nSPS) is 16.8. The minimum Gasteiger partial charge on any atom is -0.508 e. The molecule has 16 heavy (non-hydrogen) atoms. The number of anilines is 1. The minimum absolute atomic E-state index is 0.336. The second-order valence-corrected chi connectivity index (χ2v) is 3.93. The molecule has 1 aliphatic rings. The van der Waals surface area contributed by atoms with Gasteiger partial charge in [0.25, 0.3) is 0 Å². The SMILES string of the molecule is Oc1cc(N2CCCC2)cc(C(F)(F)F)c1. The lowest BCUT2D eigenvalue weighted by molar-refractivity contribution is -0.137. The van der Waals surface area contributed by atoms with Crippen LogP contribution in [0.5, 0.6) is 5.75 Å². The molecule has 2 nitrogen and oxygen atoms in total. The first-order valence-electron chi connectivity index (χ1n) is 5.13. The maximum atomic E-state index is 12.5. The first-order chi connectivity index (χ1) is 7.47. The second-order valence-electron chi connectivity index (χ2n) is 3.93. The quantitative estimate of drug-likeness (QED) is 0.803. The van der Waals surface area contributed by atoms with Gasteiger partial charge in [-0.05, 0) is 25.0 Å². The van der Waals surface area contributed by atoms with E-state index in [1.165, 1.54) is 6.07 Å². The highest BCUT2D eigenvalue weighted by Crippen LogP contribution is 2.35. The Morgan fingerprint density at radius 1 is 1.06 bits per heavy atom. The Balaban J connectivity index is 2.35. The summed E-state index contributed by atoms with van der Waals surface area (Å²) in [5, 5.41) is 9.29. The minimum atomic E-state index is -4.41. The highest BCUT2D eigenvalue weighted by atomic mass is 19.4. The van der Waals surface area contributed by atoms with Gasteiger partial charge < -0.3 is 10.0 Å². The fourth-order valence-corrected chi connectivity index (χ4v) is 1.92. The molecule has 1 aromatic rings. The summed E-state index contributed by atoms with van der Waals surface area (Å²) >= 11 is 0. The van der Waals surface area contributed by atoms with Crippen LogP contribution in [0, 0.1) is 0 Å². The topological polar surface area (TPSA) is 23.5 Å². The number of nitrogens with zero attached hydrogens (tertiary/aromatic N) is 1. The van der Waals surface area contributed by atoms with Crippen molar-refractivity contribution < 1.29 is 18.3 Å². The van der Waals surface area contributed by atoms with E-state index in [1.54, 1.807) is 0 Å². The number of halogens is 3. The maximum absolute atomic E-state index is 12.5. The molecule has 0 aliphatic carbocycles. The zero-order chi connectivity index (χ0) is 11.8. The average Bonchev–Trinajstić information content (AvgIpc) is 2.68. The maximum Gasteiger partial charge on any atom is 0.416 e. The van der Waals surface area contributed by atoms with Crippen molar-refractivity contribution in [2.45, 2.75) is 19.0 Å². The molecule has 0 radical (unpaired) electrons.